The van der Waals surface area contributed by atoms with Gasteiger partial charge in [-0.05, 0) is 43.2 Å². The van der Waals surface area contributed by atoms with Crippen molar-refractivity contribution in [2.45, 2.75) is 18.9 Å². The van der Waals surface area contributed by atoms with Gasteiger partial charge in [0.25, 0.3) is 11.8 Å². The highest BCUT2D eigenvalue weighted by molar-refractivity contribution is 6.03. The van der Waals surface area contributed by atoms with Gasteiger partial charge in [-0.15, -0.1) is 0 Å². The molecule has 9 nitrogen and oxygen atoms in total. The first-order valence-corrected chi connectivity index (χ1v) is 12.1. The fourth-order valence-corrected chi connectivity index (χ4v) is 4.07. The number of rotatable bonds is 4. The number of pyridine rings is 2. The van der Waals surface area contributed by atoms with Gasteiger partial charge in [-0.2, -0.15) is 0 Å². The van der Waals surface area contributed by atoms with Crippen LogP contribution in [0.15, 0.2) is 60.9 Å². The minimum Gasteiger partial charge on any atom is -0.489 e. The van der Waals surface area contributed by atoms with Crippen LogP contribution in [0.25, 0.3) is 0 Å². The number of hydrogen-bond acceptors (Lipinski definition) is 7. The Morgan fingerprint density at radius 2 is 1.97 bits per heavy atom. The van der Waals surface area contributed by atoms with Crippen LogP contribution < -0.4 is 19.7 Å². The van der Waals surface area contributed by atoms with E-state index in [1.54, 1.807) is 43.6 Å². The third kappa shape index (κ3) is 5.88. The Bertz CT molecular complexity index is 1350. The number of aromatic nitrogens is 2. The summed E-state index contributed by atoms with van der Waals surface area (Å²) in [6, 6.07) is 13.0. The summed E-state index contributed by atoms with van der Waals surface area (Å²) in [7, 11) is 1.66. The van der Waals surface area contributed by atoms with Crippen LogP contribution in [0, 0.1) is 17.8 Å². The summed E-state index contributed by atoms with van der Waals surface area (Å²) < 4.78 is 17.0. The Morgan fingerprint density at radius 3 is 2.78 bits per heavy atom. The van der Waals surface area contributed by atoms with E-state index in [2.05, 4.69) is 27.1 Å². The minimum atomic E-state index is -0.899. The molecule has 2 aliphatic heterocycles. The van der Waals surface area contributed by atoms with E-state index in [0.29, 0.717) is 29.0 Å². The predicted molar refractivity (Wildman–Crippen MR) is 136 cm³/mol. The summed E-state index contributed by atoms with van der Waals surface area (Å²) in [5, 5.41) is 2.74. The molecular weight excluding hydrogens is 472 g/mol. The monoisotopic (exact) mass is 498 g/mol. The zero-order valence-electron chi connectivity index (χ0n) is 20.3. The van der Waals surface area contributed by atoms with Crippen molar-refractivity contribution in [2.75, 3.05) is 31.8 Å². The van der Waals surface area contributed by atoms with E-state index in [1.165, 1.54) is 17.2 Å². The van der Waals surface area contributed by atoms with Crippen LogP contribution in [-0.4, -0.2) is 54.7 Å². The van der Waals surface area contributed by atoms with Crippen molar-refractivity contribution in [2.24, 2.45) is 5.92 Å². The van der Waals surface area contributed by atoms with Crippen molar-refractivity contribution < 1.29 is 23.8 Å². The molecule has 0 spiro atoms. The Labute approximate surface area is 214 Å². The Hall–Kier alpha value is -4.42. The highest BCUT2D eigenvalue weighted by Gasteiger charge is 2.31. The molecule has 1 fully saturated rings. The van der Waals surface area contributed by atoms with Gasteiger partial charge in [0.05, 0.1) is 5.69 Å². The molecule has 0 aliphatic carbocycles. The summed E-state index contributed by atoms with van der Waals surface area (Å²) in [4.78, 5) is 35.9. The summed E-state index contributed by atoms with van der Waals surface area (Å²) in [6.45, 7) is 1.46. The molecular formula is C28H26N4O5. The van der Waals surface area contributed by atoms with Crippen LogP contribution in [0.5, 0.6) is 17.4 Å². The summed E-state index contributed by atoms with van der Waals surface area (Å²) in [5.74, 6) is 7.35. The lowest BCUT2D eigenvalue weighted by atomic mass is 10.0. The molecule has 37 heavy (non-hydrogen) atoms. The average molecular weight is 499 g/mol. The third-order valence-electron chi connectivity index (χ3n) is 6.13. The molecule has 3 aromatic rings. The zero-order valence-corrected chi connectivity index (χ0v) is 20.3. The number of anilines is 1. The number of amides is 2. The second kappa shape index (κ2) is 11.1. The van der Waals surface area contributed by atoms with Crippen molar-refractivity contribution in [1.82, 2.24) is 15.3 Å². The molecule has 4 heterocycles. The smallest absolute Gasteiger partial charge is 0.270 e. The molecule has 9 heteroatoms. The van der Waals surface area contributed by atoms with E-state index in [-0.39, 0.29) is 18.2 Å². The first-order valence-electron chi connectivity index (χ1n) is 12.1. The maximum absolute atomic E-state index is 13.2. The summed E-state index contributed by atoms with van der Waals surface area (Å²) in [5.41, 5.74) is 1.51. The predicted octanol–water partition coefficient (Wildman–Crippen LogP) is 3.20. The molecule has 0 saturated carbocycles. The van der Waals surface area contributed by atoms with Gasteiger partial charge in [0.15, 0.2) is 0 Å². The number of likely N-dealkylation sites (N-methyl/N-ethyl adjacent to an activating group) is 1. The van der Waals surface area contributed by atoms with E-state index in [4.69, 9.17) is 14.2 Å². The maximum Gasteiger partial charge on any atom is 0.270 e. The Kier molecular flexibility index (Phi) is 7.28. The van der Waals surface area contributed by atoms with Gasteiger partial charge in [-0.1, -0.05) is 17.9 Å². The second-order valence-electron chi connectivity index (χ2n) is 8.72. The van der Waals surface area contributed by atoms with E-state index in [0.717, 1.165) is 31.6 Å². The molecule has 1 aromatic carbocycles. The number of nitrogens with zero attached hydrogens (tertiary/aromatic N) is 3. The van der Waals surface area contributed by atoms with Crippen molar-refractivity contribution in [3.63, 3.8) is 0 Å². The topological polar surface area (TPSA) is 103 Å². The first kappa shape index (κ1) is 24.3. The largest absolute Gasteiger partial charge is 0.489 e. The van der Waals surface area contributed by atoms with Gasteiger partial charge in [0, 0.05) is 56.3 Å². The normalized spacial score (nSPS) is 17.5. The number of ether oxygens (including phenoxy) is 3. The average Bonchev–Trinajstić information content (AvgIpc) is 3.05. The van der Waals surface area contributed by atoms with Crippen LogP contribution in [-0.2, 0) is 9.53 Å². The van der Waals surface area contributed by atoms with Crippen LogP contribution in [0.4, 0.5) is 5.69 Å². The summed E-state index contributed by atoms with van der Waals surface area (Å²) >= 11 is 0. The van der Waals surface area contributed by atoms with Crippen LogP contribution >= 0.6 is 0 Å². The number of nitrogens with one attached hydrogen (secondary N) is 1. The maximum atomic E-state index is 13.2. The van der Waals surface area contributed by atoms with Gasteiger partial charge < -0.3 is 24.4 Å². The number of fused-ring (bicyclic) bond motifs is 1. The van der Waals surface area contributed by atoms with E-state index < -0.39 is 11.9 Å². The highest BCUT2D eigenvalue weighted by atomic mass is 16.5. The number of carbonyl (C=O) groups is 2. The SMILES string of the molecule is CN1C(=O)C(NC(=O)c2cc(Oc3ccccn3)ccn2)COc2ccc(C#CC3CCOCC3)cc21. The van der Waals surface area contributed by atoms with Gasteiger partial charge in [-0.25, -0.2) is 4.98 Å². The molecule has 5 rings (SSSR count). The van der Waals surface area contributed by atoms with Crippen molar-refractivity contribution in [3.05, 3.63) is 72.2 Å². The molecule has 1 unspecified atom stereocenters. The quantitative estimate of drug-likeness (QED) is 0.551. The molecule has 0 bridgehead atoms. The summed E-state index contributed by atoms with van der Waals surface area (Å²) in [6.07, 6.45) is 4.92. The van der Waals surface area contributed by atoms with Gasteiger partial charge in [0.1, 0.15) is 29.8 Å². The Balaban J connectivity index is 1.27. The zero-order chi connectivity index (χ0) is 25.6. The lowest BCUT2D eigenvalue weighted by Gasteiger charge is -2.20. The Morgan fingerprint density at radius 1 is 1.11 bits per heavy atom. The minimum absolute atomic E-state index is 0.0147. The lowest BCUT2D eigenvalue weighted by Crippen LogP contribution is -2.49. The molecule has 2 aromatic heterocycles. The molecule has 188 valence electrons. The van der Waals surface area contributed by atoms with Crippen molar-refractivity contribution in [3.8, 4) is 29.2 Å². The van der Waals surface area contributed by atoms with E-state index >= 15 is 0 Å². The fraction of sp³-hybridized carbons (Fsp3) is 0.286. The fourth-order valence-electron chi connectivity index (χ4n) is 4.07. The highest BCUT2D eigenvalue weighted by Crippen LogP contribution is 2.31. The number of hydrogen-bond donors (Lipinski definition) is 1. The van der Waals surface area contributed by atoms with Crippen molar-refractivity contribution >= 4 is 17.5 Å². The molecule has 1 N–H and O–H groups in total. The van der Waals surface area contributed by atoms with Crippen LogP contribution in [0.2, 0.25) is 0 Å². The number of benzene rings is 1. The molecule has 1 atom stereocenters. The standard InChI is InChI=1S/C28H26N4O5/c1-32-24-16-20(6-5-19-10-14-35-15-11-19)7-8-25(24)36-18-23(28(32)34)31-27(33)22-17-21(9-13-29-22)37-26-4-2-3-12-30-26/h2-4,7-9,12-13,16-17,19,23H,10-11,14-15,18H2,1H3,(H,31,33). The second-order valence-corrected chi connectivity index (χ2v) is 8.72. The van der Waals surface area contributed by atoms with Gasteiger partial charge >= 0.3 is 0 Å². The van der Waals surface area contributed by atoms with Gasteiger partial charge in [-0.3, -0.25) is 14.6 Å². The van der Waals surface area contributed by atoms with Crippen LogP contribution in [0.3, 0.4) is 0 Å². The van der Waals surface area contributed by atoms with E-state index in [9.17, 15) is 9.59 Å². The van der Waals surface area contributed by atoms with Gasteiger partial charge in [0.2, 0.25) is 5.88 Å². The molecule has 0 radical (unpaired) electrons. The van der Waals surface area contributed by atoms with Crippen LogP contribution in [0.1, 0.15) is 28.9 Å². The third-order valence-corrected chi connectivity index (χ3v) is 6.13. The first-order chi connectivity index (χ1) is 18.1. The number of carbonyl (C=O) groups excluding carboxylic acids is 2. The lowest BCUT2D eigenvalue weighted by molar-refractivity contribution is -0.120. The molecule has 1 saturated heterocycles. The van der Waals surface area contributed by atoms with E-state index in [1.807, 2.05) is 12.1 Å². The molecule has 2 amide bonds. The molecule has 2 aliphatic rings. The van der Waals surface area contributed by atoms with Crippen molar-refractivity contribution in [1.29, 1.82) is 0 Å².